The summed E-state index contributed by atoms with van der Waals surface area (Å²) in [5.74, 6) is -0.260. The van der Waals surface area contributed by atoms with Crippen LogP contribution in [-0.2, 0) is 6.54 Å². The molecule has 1 nitrogen and oxygen atoms in total. The number of rotatable bonds is 4. The second-order valence-electron chi connectivity index (χ2n) is 4.09. The van der Waals surface area contributed by atoms with Crippen molar-refractivity contribution in [3.05, 3.63) is 34.6 Å². The molecule has 0 bridgehead atoms. The Hall–Kier alpha value is -1.10. The van der Waals surface area contributed by atoms with Gasteiger partial charge < -0.3 is 5.32 Å². The van der Waals surface area contributed by atoms with Crippen molar-refractivity contribution in [2.75, 3.05) is 6.54 Å². The van der Waals surface area contributed by atoms with Gasteiger partial charge in [-0.3, -0.25) is 0 Å². The number of aryl methyl sites for hydroxylation is 2. The molecule has 0 unspecified atom stereocenters. The topological polar surface area (TPSA) is 12.0 Å². The smallest absolute Gasteiger partial charge is 0.312 e. The van der Waals surface area contributed by atoms with Gasteiger partial charge in [0, 0.05) is 13.1 Å². The van der Waals surface area contributed by atoms with Gasteiger partial charge in [0.05, 0.1) is 6.42 Å². The maximum absolute atomic E-state index is 13.3. The van der Waals surface area contributed by atoms with Gasteiger partial charge in [-0.05, 0) is 30.5 Å². The summed E-state index contributed by atoms with van der Waals surface area (Å²) < 4.78 is 48.9. The number of alkyl halides is 3. The maximum Gasteiger partial charge on any atom is 0.390 e. The molecule has 5 heteroatoms. The van der Waals surface area contributed by atoms with Gasteiger partial charge in [-0.15, -0.1) is 0 Å². The van der Waals surface area contributed by atoms with E-state index in [2.05, 4.69) is 5.32 Å². The van der Waals surface area contributed by atoms with E-state index in [1.165, 1.54) is 0 Å². The third-order valence-electron chi connectivity index (χ3n) is 2.41. The minimum absolute atomic E-state index is 0.126. The Morgan fingerprint density at radius 2 is 1.65 bits per heavy atom. The molecule has 1 aromatic rings. The highest BCUT2D eigenvalue weighted by molar-refractivity contribution is 5.30. The predicted molar refractivity (Wildman–Crippen MR) is 58.3 cm³/mol. The molecule has 17 heavy (non-hydrogen) atoms. The summed E-state index contributed by atoms with van der Waals surface area (Å²) in [5, 5.41) is 2.69. The molecule has 0 radical (unpaired) electrons. The molecule has 0 heterocycles. The van der Waals surface area contributed by atoms with Gasteiger partial charge >= 0.3 is 6.18 Å². The van der Waals surface area contributed by atoms with Crippen LogP contribution in [0.3, 0.4) is 0 Å². The van der Waals surface area contributed by atoms with E-state index in [4.69, 9.17) is 0 Å². The second kappa shape index (κ2) is 5.49. The Bertz CT molecular complexity index is 362. The highest BCUT2D eigenvalue weighted by Gasteiger charge is 2.25. The first kappa shape index (κ1) is 14.0. The van der Waals surface area contributed by atoms with Crippen molar-refractivity contribution in [1.82, 2.24) is 5.32 Å². The molecule has 1 N–H and O–H groups in total. The normalized spacial score (nSPS) is 11.9. The largest absolute Gasteiger partial charge is 0.390 e. The van der Waals surface area contributed by atoms with Gasteiger partial charge in [0.1, 0.15) is 5.82 Å². The van der Waals surface area contributed by atoms with Gasteiger partial charge in [0.25, 0.3) is 0 Å². The summed E-state index contributed by atoms with van der Waals surface area (Å²) in [6.45, 7) is 3.47. The van der Waals surface area contributed by atoms with Crippen LogP contribution >= 0.6 is 0 Å². The second-order valence-corrected chi connectivity index (χ2v) is 4.09. The lowest BCUT2D eigenvalue weighted by molar-refractivity contribution is -0.133. The zero-order valence-electron chi connectivity index (χ0n) is 9.79. The van der Waals surface area contributed by atoms with Crippen molar-refractivity contribution in [2.45, 2.75) is 33.0 Å². The Balaban J connectivity index is 2.48. The minimum atomic E-state index is -4.14. The van der Waals surface area contributed by atoms with E-state index in [1.54, 1.807) is 26.0 Å². The van der Waals surface area contributed by atoms with Crippen molar-refractivity contribution in [3.63, 3.8) is 0 Å². The van der Waals surface area contributed by atoms with E-state index in [9.17, 15) is 17.6 Å². The van der Waals surface area contributed by atoms with E-state index in [-0.39, 0.29) is 12.4 Å². The van der Waals surface area contributed by atoms with Gasteiger partial charge in [-0.1, -0.05) is 12.1 Å². The monoisotopic (exact) mass is 249 g/mol. The number of hydrogen-bond donors (Lipinski definition) is 1. The van der Waals surface area contributed by atoms with Crippen LogP contribution < -0.4 is 5.32 Å². The lowest BCUT2D eigenvalue weighted by Gasteiger charge is -2.09. The van der Waals surface area contributed by atoms with Crippen LogP contribution in [0.15, 0.2) is 12.1 Å². The Labute approximate surface area is 97.8 Å². The first-order valence-electron chi connectivity index (χ1n) is 5.32. The lowest BCUT2D eigenvalue weighted by atomic mass is 10.1. The molecule has 0 aliphatic rings. The van der Waals surface area contributed by atoms with Gasteiger partial charge in [-0.2, -0.15) is 13.2 Å². The third kappa shape index (κ3) is 4.73. The van der Waals surface area contributed by atoms with Crippen LogP contribution in [0.5, 0.6) is 0 Å². The van der Waals surface area contributed by atoms with E-state index in [1.807, 2.05) is 0 Å². The van der Waals surface area contributed by atoms with Crippen molar-refractivity contribution in [1.29, 1.82) is 0 Å². The van der Waals surface area contributed by atoms with Crippen LogP contribution in [0.1, 0.15) is 23.1 Å². The molecular weight excluding hydrogens is 234 g/mol. The van der Waals surface area contributed by atoms with E-state index in [0.29, 0.717) is 17.7 Å². The average molecular weight is 249 g/mol. The molecular formula is C12H15F4N. The van der Waals surface area contributed by atoms with Crippen LogP contribution in [0.25, 0.3) is 0 Å². The lowest BCUT2D eigenvalue weighted by Crippen LogP contribution is -2.21. The maximum atomic E-state index is 13.3. The molecule has 0 saturated heterocycles. The van der Waals surface area contributed by atoms with Crippen LogP contribution in [0.4, 0.5) is 17.6 Å². The molecule has 0 aliphatic heterocycles. The molecule has 1 aromatic carbocycles. The predicted octanol–water partition coefficient (Wildman–Crippen LogP) is 3.48. The molecule has 0 atom stereocenters. The van der Waals surface area contributed by atoms with E-state index >= 15 is 0 Å². The molecule has 0 saturated carbocycles. The average Bonchev–Trinajstić information content (AvgIpc) is 2.19. The zero-order chi connectivity index (χ0) is 13.1. The fourth-order valence-electron chi connectivity index (χ4n) is 1.60. The van der Waals surface area contributed by atoms with Crippen molar-refractivity contribution in [3.8, 4) is 0 Å². The summed E-state index contributed by atoms with van der Waals surface area (Å²) in [5.41, 5.74) is 1.82. The highest BCUT2D eigenvalue weighted by Crippen LogP contribution is 2.18. The third-order valence-corrected chi connectivity index (χ3v) is 2.41. The molecule has 0 fully saturated rings. The highest BCUT2D eigenvalue weighted by atomic mass is 19.4. The summed E-state index contributed by atoms with van der Waals surface area (Å²) in [4.78, 5) is 0. The summed E-state index contributed by atoms with van der Waals surface area (Å²) in [6.07, 6.45) is -4.99. The van der Waals surface area contributed by atoms with Crippen LogP contribution in [0, 0.1) is 19.7 Å². The van der Waals surface area contributed by atoms with Crippen molar-refractivity contribution < 1.29 is 17.6 Å². The quantitative estimate of drug-likeness (QED) is 0.636. The minimum Gasteiger partial charge on any atom is -0.312 e. The van der Waals surface area contributed by atoms with Crippen molar-refractivity contribution >= 4 is 0 Å². The van der Waals surface area contributed by atoms with Gasteiger partial charge in [-0.25, -0.2) is 4.39 Å². The SMILES string of the molecule is Cc1cc(CNCCC(F)(F)F)cc(C)c1F. The van der Waals surface area contributed by atoms with Crippen LogP contribution in [0.2, 0.25) is 0 Å². The molecule has 0 amide bonds. The number of nitrogens with one attached hydrogen (secondary N) is 1. The fraction of sp³-hybridized carbons (Fsp3) is 0.500. The molecule has 0 aromatic heterocycles. The van der Waals surface area contributed by atoms with Crippen molar-refractivity contribution in [2.24, 2.45) is 0 Å². The number of hydrogen-bond acceptors (Lipinski definition) is 1. The summed E-state index contributed by atoms with van der Waals surface area (Å²) in [7, 11) is 0. The Morgan fingerprint density at radius 1 is 1.12 bits per heavy atom. The number of halogens is 4. The fourth-order valence-corrected chi connectivity index (χ4v) is 1.60. The molecule has 1 rings (SSSR count). The summed E-state index contributed by atoms with van der Waals surface area (Å²) in [6, 6.07) is 3.28. The standard InChI is InChI=1S/C12H15F4N/c1-8-5-10(6-9(2)11(8)13)7-17-4-3-12(14,15)16/h5-6,17H,3-4,7H2,1-2H3. The van der Waals surface area contributed by atoms with Crippen LogP contribution in [-0.4, -0.2) is 12.7 Å². The molecule has 0 spiro atoms. The van der Waals surface area contributed by atoms with E-state index in [0.717, 1.165) is 5.56 Å². The van der Waals surface area contributed by atoms with Gasteiger partial charge in [0.2, 0.25) is 0 Å². The number of benzene rings is 1. The Morgan fingerprint density at radius 3 is 2.12 bits per heavy atom. The first-order valence-corrected chi connectivity index (χ1v) is 5.32. The summed E-state index contributed by atoms with van der Waals surface area (Å²) >= 11 is 0. The first-order chi connectivity index (χ1) is 7.79. The van der Waals surface area contributed by atoms with Gasteiger partial charge in [0.15, 0.2) is 0 Å². The van der Waals surface area contributed by atoms with E-state index < -0.39 is 12.6 Å². The Kier molecular flexibility index (Phi) is 4.51. The zero-order valence-corrected chi connectivity index (χ0v) is 9.79. The molecule has 0 aliphatic carbocycles. The molecule has 96 valence electrons.